The summed E-state index contributed by atoms with van der Waals surface area (Å²) < 4.78 is 8.99. The number of carboxylic acid groups (broad SMARTS) is 1. The van der Waals surface area contributed by atoms with E-state index in [1.807, 2.05) is 0 Å². The Labute approximate surface area is 114 Å². The normalized spacial score (nSPS) is 10.5. The quantitative estimate of drug-likeness (QED) is 0.367. The zero-order chi connectivity index (χ0) is 15.3. The van der Waals surface area contributed by atoms with Crippen molar-refractivity contribution in [3.8, 4) is 0 Å². The van der Waals surface area contributed by atoms with E-state index in [4.69, 9.17) is 0 Å². The Kier molecular flexibility index (Phi) is 4.58. The minimum absolute atomic E-state index is 0.0719. The zero-order valence-electron chi connectivity index (χ0n) is 10.8. The molecular formula is C13H12O7. The smallest absolute Gasteiger partial charge is 0.422 e. The van der Waals surface area contributed by atoms with E-state index in [0.29, 0.717) is 0 Å². The van der Waals surface area contributed by atoms with Crippen molar-refractivity contribution >= 4 is 23.7 Å². The Bertz CT molecular complexity index is 531. The molecule has 0 saturated carbocycles. The number of hydrogen-bond donors (Lipinski definition) is 1. The molecule has 0 aliphatic heterocycles. The van der Waals surface area contributed by atoms with Crippen LogP contribution >= 0.6 is 0 Å². The van der Waals surface area contributed by atoms with E-state index in [-0.39, 0.29) is 5.56 Å². The highest BCUT2D eigenvalue weighted by atomic mass is 16.8. The van der Waals surface area contributed by atoms with Crippen molar-refractivity contribution in [3.05, 3.63) is 35.9 Å². The zero-order valence-corrected chi connectivity index (χ0v) is 10.8. The average Bonchev–Trinajstić information content (AvgIpc) is 2.36. The number of carbonyl (C=O) groups is 4. The first-order chi connectivity index (χ1) is 9.29. The van der Waals surface area contributed by atoms with Crippen molar-refractivity contribution in [2.45, 2.75) is 19.6 Å². The van der Waals surface area contributed by atoms with Gasteiger partial charge in [0.2, 0.25) is 0 Å². The highest BCUT2D eigenvalue weighted by Gasteiger charge is 2.54. The van der Waals surface area contributed by atoms with Gasteiger partial charge in [0.25, 0.3) is 5.78 Å². The van der Waals surface area contributed by atoms with Crippen LogP contribution in [0.3, 0.4) is 0 Å². The van der Waals surface area contributed by atoms with Crippen LogP contribution in [0.25, 0.3) is 0 Å². The fourth-order valence-corrected chi connectivity index (χ4v) is 1.48. The minimum Gasteiger partial charge on any atom is -0.475 e. The maximum absolute atomic E-state index is 12.2. The first-order valence-electron chi connectivity index (χ1n) is 5.52. The van der Waals surface area contributed by atoms with Crippen molar-refractivity contribution in [2.75, 3.05) is 0 Å². The molecule has 1 aromatic carbocycles. The van der Waals surface area contributed by atoms with Crippen LogP contribution in [-0.4, -0.2) is 34.6 Å². The van der Waals surface area contributed by atoms with Crippen LogP contribution < -0.4 is 0 Å². The standard InChI is InChI=1S/C13H12O7/c1-8(14)19-13(12(17)18,20-9(2)15)11(16)10-6-4-3-5-7-10/h3-7H,1-2H3,(H,17,18). The molecule has 0 amide bonds. The van der Waals surface area contributed by atoms with Crippen LogP contribution in [0.2, 0.25) is 0 Å². The molecule has 0 unspecified atom stereocenters. The molecular weight excluding hydrogens is 268 g/mol. The van der Waals surface area contributed by atoms with Crippen LogP contribution in [0, 0.1) is 0 Å². The SMILES string of the molecule is CC(=O)OC(OC(C)=O)(C(=O)O)C(=O)c1ccccc1. The van der Waals surface area contributed by atoms with Crippen LogP contribution in [0.1, 0.15) is 24.2 Å². The fourth-order valence-electron chi connectivity index (χ4n) is 1.48. The molecule has 106 valence electrons. The first kappa shape index (κ1) is 15.4. The second-order valence-corrected chi connectivity index (χ2v) is 3.80. The van der Waals surface area contributed by atoms with Gasteiger partial charge in [-0.2, -0.15) is 0 Å². The second kappa shape index (κ2) is 5.96. The fraction of sp³-hybridized carbons (Fsp3) is 0.231. The number of rotatable bonds is 5. The number of carbonyl (C=O) groups excluding carboxylic acids is 3. The molecule has 1 rings (SSSR count). The van der Waals surface area contributed by atoms with Gasteiger partial charge < -0.3 is 14.6 Å². The van der Waals surface area contributed by atoms with Crippen molar-refractivity contribution in [2.24, 2.45) is 0 Å². The number of hydrogen-bond acceptors (Lipinski definition) is 6. The Morgan fingerprint density at radius 3 is 1.75 bits per heavy atom. The average molecular weight is 280 g/mol. The Balaban J connectivity index is 3.34. The molecule has 0 aliphatic carbocycles. The summed E-state index contributed by atoms with van der Waals surface area (Å²) in [4.78, 5) is 45.7. The predicted molar refractivity (Wildman–Crippen MR) is 64.7 cm³/mol. The molecule has 0 aliphatic rings. The number of carboxylic acids is 1. The Morgan fingerprint density at radius 1 is 0.950 bits per heavy atom. The van der Waals surface area contributed by atoms with Gasteiger partial charge in [0.05, 0.1) is 0 Å². The molecule has 0 radical (unpaired) electrons. The lowest BCUT2D eigenvalue weighted by Crippen LogP contribution is -2.53. The molecule has 0 atom stereocenters. The molecule has 1 N–H and O–H groups in total. The summed E-state index contributed by atoms with van der Waals surface area (Å²) in [5, 5.41) is 9.18. The third-order valence-corrected chi connectivity index (χ3v) is 2.19. The van der Waals surface area contributed by atoms with Gasteiger partial charge in [0.15, 0.2) is 0 Å². The van der Waals surface area contributed by atoms with Gasteiger partial charge in [0, 0.05) is 19.4 Å². The third-order valence-electron chi connectivity index (χ3n) is 2.19. The molecule has 0 heterocycles. The van der Waals surface area contributed by atoms with Crippen molar-refractivity contribution in [3.63, 3.8) is 0 Å². The summed E-state index contributed by atoms with van der Waals surface area (Å²) in [6.45, 7) is 1.80. The molecule has 7 nitrogen and oxygen atoms in total. The van der Waals surface area contributed by atoms with E-state index < -0.39 is 29.5 Å². The molecule has 0 bridgehead atoms. The Morgan fingerprint density at radius 2 is 1.40 bits per heavy atom. The summed E-state index contributed by atoms with van der Waals surface area (Å²) in [7, 11) is 0. The van der Waals surface area contributed by atoms with E-state index in [9.17, 15) is 24.3 Å². The molecule has 0 aromatic heterocycles. The van der Waals surface area contributed by atoms with Gasteiger partial charge in [-0.15, -0.1) is 0 Å². The van der Waals surface area contributed by atoms with Crippen LogP contribution in [-0.2, 0) is 23.9 Å². The first-order valence-corrected chi connectivity index (χ1v) is 5.52. The third kappa shape index (κ3) is 3.19. The van der Waals surface area contributed by atoms with Crippen molar-refractivity contribution in [1.82, 2.24) is 0 Å². The monoisotopic (exact) mass is 280 g/mol. The number of ketones is 1. The highest BCUT2D eigenvalue weighted by molar-refractivity contribution is 6.15. The summed E-state index contributed by atoms with van der Waals surface area (Å²) in [6.07, 6.45) is 0. The highest BCUT2D eigenvalue weighted by Crippen LogP contribution is 2.21. The summed E-state index contributed by atoms with van der Waals surface area (Å²) in [5.41, 5.74) is -0.0719. The van der Waals surface area contributed by atoms with E-state index in [0.717, 1.165) is 13.8 Å². The van der Waals surface area contributed by atoms with Crippen molar-refractivity contribution < 1.29 is 33.8 Å². The van der Waals surface area contributed by atoms with Gasteiger partial charge >= 0.3 is 23.7 Å². The predicted octanol–water partition coefficient (Wildman–Crippen LogP) is 0.776. The molecule has 0 spiro atoms. The van der Waals surface area contributed by atoms with Gasteiger partial charge in [-0.1, -0.05) is 30.3 Å². The molecule has 20 heavy (non-hydrogen) atoms. The van der Waals surface area contributed by atoms with Gasteiger partial charge in [-0.3, -0.25) is 14.4 Å². The summed E-state index contributed by atoms with van der Waals surface area (Å²) >= 11 is 0. The van der Waals surface area contributed by atoms with Gasteiger partial charge in [-0.25, -0.2) is 4.79 Å². The lowest BCUT2D eigenvalue weighted by atomic mass is 10.0. The molecule has 0 saturated heterocycles. The number of esters is 2. The second-order valence-electron chi connectivity index (χ2n) is 3.80. The Hall–Kier alpha value is -2.70. The number of Topliss-reactive ketones (excluding diaryl/α,β-unsaturated/α-hetero) is 1. The van der Waals surface area contributed by atoms with E-state index in [1.54, 1.807) is 6.07 Å². The summed E-state index contributed by atoms with van der Waals surface area (Å²) in [6, 6.07) is 7.21. The van der Waals surface area contributed by atoms with E-state index in [1.165, 1.54) is 24.3 Å². The maximum atomic E-state index is 12.2. The van der Waals surface area contributed by atoms with Gasteiger partial charge in [-0.05, 0) is 0 Å². The van der Waals surface area contributed by atoms with E-state index in [2.05, 4.69) is 9.47 Å². The molecule has 7 heteroatoms. The van der Waals surface area contributed by atoms with Crippen LogP contribution in [0.4, 0.5) is 0 Å². The molecule has 0 fully saturated rings. The molecule has 1 aromatic rings. The number of aliphatic carboxylic acids is 1. The summed E-state index contributed by atoms with van der Waals surface area (Å²) in [5.74, 6) is -8.21. The number of ether oxygens (including phenoxy) is 2. The number of benzene rings is 1. The maximum Gasteiger partial charge on any atom is 0.422 e. The van der Waals surface area contributed by atoms with Crippen molar-refractivity contribution in [1.29, 1.82) is 0 Å². The lowest BCUT2D eigenvalue weighted by Gasteiger charge is -2.26. The topological polar surface area (TPSA) is 107 Å². The van der Waals surface area contributed by atoms with Gasteiger partial charge in [0.1, 0.15) is 0 Å². The lowest BCUT2D eigenvalue weighted by molar-refractivity contribution is -0.219. The van der Waals surface area contributed by atoms with Crippen LogP contribution in [0.15, 0.2) is 30.3 Å². The van der Waals surface area contributed by atoms with E-state index >= 15 is 0 Å². The van der Waals surface area contributed by atoms with Crippen LogP contribution in [0.5, 0.6) is 0 Å². The largest absolute Gasteiger partial charge is 0.475 e. The minimum atomic E-state index is -3.01.